The topological polar surface area (TPSA) is 162 Å². The maximum Gasteiger partial charge on any atom is 0.516 e. The second-order valence-electron chi connectivity index (χ2n) is 11.3. The summed E-state index contributed by atoms with van der Waals surface area (Å²) in [6.07, 6.45) is -0.188. The standard InChI is InChI=1S/C27H34ClF3N2O10S/c1-25(2,14-41-19-13-26(19,3)16-43-22(36)11-9-20(28)34)15-42-23(37)12-10-21(35)32-18-7-5-17(6-8-18)24(38)33(4)44(39,40)27(29,30)31/h5-8,19H,9-16H2,1-4H3,(H,32,35). The Balaban J connectivity index is 1.71. The number of rotatable bonds is 16. The summed E-state index contributed by atoms with van der Waals surface area (Å²) < 4.78 is 76.8. The van der Waals surface area contributed by atoms with Gasteiger partial charge >= 0.3 is 27.5 Å². The first-order valence-corrected chi connectivity index (χ1v) is 15.1. The van der Waals surface area contributed by atoms with Gasteiger partial charge in [-0.1, -0.05) is 20.8 Å². The fourth-order valence-electron chi connectivity index (χ4n) is 3.59. The van der Waals surface area contributed by atoms with E-state index in [1.807, 2.05) is 20.8 Å². The molecule has 1 fully saturated rings. The Labute approximate surface area is 257 Å². The average Bonchev–Trinajstić information content (AvgIpc) is 3.60. The molecule has 0 radical (unpaired) electrons. The Hall–Kier alpha value is -3.24. The summed E-state index contributed by atoms with van der Waals surface area (Å²) >= 11 is 5.21. The van der Waals surface area contributed by atoms with Crippen molar-refractivity contribution < 1.29 is 59.8 Å². The van der Waals surface area contributed by atoms with Crippen molar-refractivity contribution in [3.8, 4) is 0 Å². The number of sulfonamides is 1. The average molecular weight is 671 g/mol. The van der Waals surface area contributed by atoms with E-state index in [1.165, 1.54) is 12.1 Å². The third-order valence-corrected chi connectivity index (χ3v) is 8.23. The maximum atomic E-state index is 12.7. The first-order chi connectivity index (χ1) is 20.2. The molecule has 12 nitrogen and oxygen atoms in total. The molecule has 2 rings (SSSR count). The minimum Gasteiger partial charge on any atom is -0.465 e. The zero-order chi connectivity index (χ0) is 33.5. The lowest BCUT2D eigenvalue weighted by Crippen LogP contribution is -2.41. The van der Waals surface area contributed by atoms with Gasteiger partial charge in [-0.25, -0.2) is 4.31 Å². The highest BCUT2D eigenvalue weighted by Crippen LogP contribution is 2.48. The van der Waals surface area contributed by atoms with Gasteiger partial charge in [0.05, 0.1) is 38.8 Å². The Morgan fingerprint density at radius 3 is 2.11 bits per heavy atom. The molecule has 0 aromatic heterocycles. The number of ether oxygens (including phenoxy) is 3. The predicted octanol–water partition coefficient (Wildman–Crippen LogP) is 3.78. The summed E-state index contributed by atoms with van der Waals surface area (Å²) in [6.45, 7) is 5.92. The predicted molar refractivity (Wildman–Crippen MR) is 150 cm³/mol. The van der Waals surface area contributed by atoms with Crippen molar-refractivity contribution in [1.82, 2.24) is 4.31 Å². The van der Waals surface area contributed by atoms with E-state index in [1.54, 1.807) is 0 Å². The fourth-order valence-corrected chi connectivity index (χ4v) is 4.32. The van der Waals surface area contributed by atoms with Gasteiger partial charge in [0.1, 0.15) is 0 Å². The van der Waals surface area contributed by atoms with Crippen LogP contribution in [0, 0.1) is 10.8 Å². The van der Waals surface area contributed by atoms with Crippen LogP contribution in [0.3, 0.4) is 0 Å². The highest BCUT2D eigenvalue weighted by molar-refractivity contribution is 7.90. The van der Waals surface area contributed by atoms with Gasteiger partial charge in [0, 0.05) is 42.0 Å². The minimum absolute atomic E-state index is 0.00627. The van der Waals surface area contributed by atoms with Crippen LogP contribution >= 0.6 is 11.6 Å². The summed E-state index contributed by atoms with van der Waals surface area (Å²) in [5.41, 5.74) is -6.78. The number of benzene rings is 1. The monoisotopic (exact) mass is 670 g/mol. The molecule has 0 aliphatic heterocycles. The van der Waals surface area contributed by atoms with Crippen LogP contribution in [0.15, 0.2) is 24.3 Å². The third-order valence-electron chi connectivity index (χ3n) is 6.57. The lowest BCUT2D eigenvalue weighted by Gasteiger charge is -2.24. The number of carbonyl (C=O) groups is 5. The molecule has 1 aromatic carbocycles. The summed E-state index contributed by atoms with van der Waals surface area (Å²) in [7, 11) is -5.38. The molecule has 1 saturated carbocycles. The lowest BCUT2D eigenvalue weighted by molar-refractivity contribution is -0.149. The first-order valence-electron chi connectivity index (χ1n) is 13.3. The van der Waals surface area contributed by atoms with Gasteiger partial charge in [-0.2, -0.15) is 21.6 Å². The van der Waals surface area contributed by atoms with Crippen LogP contribution in [-0.2, 0) is 43.4 Å². The Kier molecular flexibility index (Phi) is 12.3. The van der Waals surface area contributed by atoms with Gasteiger partial charge in [0.25, 0.3) is 5.91 Å². The van der Waals surface area contributed by atoms with Crippen LogP contribution in [0.2, 0.25) is 0 Å². The lowest BCUT2D eigenvalue weighted by atomic mass is 9.96. The highest BCUT2D eigenvalue weighted by atomic mass is 35.5. The number of nitrogens with one attached hydrogen (secondary N) is 1. The van der Waals surface area contributed by atoms with Crippen molar-refractivity contribution in [1.29, 1.82) is 0 Å². The molecular weight excluding hydrogens is 637 g/mol. The third kappa shape index (κ3) is 11.0. The van der Waals surface area contributed by atoms with Crippen molar-refractivity contribution in [2.24, 2.45) is 10.8 Å². The van der Waals surface area contributed by atoms with Crippen molar-refractivity contribution in [2.45, 2.75) is 64.5 Å². The molecule has 1 aliphatic rings. The molecule has 1 aliphatic carbocycles. The van der Waals surface area contributed by atoms with Gasteiger partial charge < -0.3 is 19.5 Å². The van der Waals surface area contributed by atoms with Crippen molar-refractivity contribution in [2.75, 3.05) is 32.2 Å². The molecule has 0 bridgehead atoms. The van der Waals surface area contributed by atoms with Crippen LogP contribution in [-0.4, -0.2) is 80.2 Å². The number of carbonyl (C=O) groups excluding carboxylic acids is 5. The summed E-state index contributed by atoms with van der Waals surface area (Å²) in [6, 6.07) is 4.47. The fraction of sp³-hybridized carbons (Fsp3) is 0.593. The normalized spacial score (nSPS) is 18.2. The highest BCUT2D eigenvalue weighted by Gasteiger charge is 2.53. The van der Waals surface area contributed by atoms with Crippen molar-refractivity contribution in [3.63, 3.8) is 0 Å². The SMILES string of the molecule is CN(C(=O)c1ccc(NC(=O)CCC(=O)OCC(C)(C)COC2CC2(C)COC(=O)CCC(=O)Cl)cc1)S(=O)(=O)C(F)(F)F. The molecule has 0 spiro atoms. The number of anilines is 1. The zero-order valence-electron chi connectivity index (χ0n) is 24.5. The number of halogens is 4. The number of alkyl halides is 3. The van der Waals surface area contributed by atoms with E-state index in [2.05, 4.69) is 5.32 Å². The van der Waals surface area contributed by atoms with Gasteiger partial charge in [-0.05, 0) is 42.3 Å². The first kappa shape index (κ1) is 36.9. The second kappa shape index (κ2) is 14.7. The van der Waals surface area contributed by atoms with Crippen LogP contribution in [0.5, 0.6) is 0 Å². The summed E-state index contributed by atoms with van der Waals surface area (Å²) in [5, 5.41) is 1.84. The van der Waals surface area contributed by atoms with Gasteiger partial charge in [0.2, 0.25) is 11.1 Å². The van der Waals surface area contributed by atoms with E-state index in [4.69, 9.17) is 25.8 Å². The van der Waals surface area contributed by atoms with E-state index in [0.717, 1.165) is 12.1 Å². The quantitative estimate of drug-likeness (QED) is 0.202. The maximum absolute atomic E-state index is 12.7. The van der Waals surface area contributed by atoms with E-state index in [9.17, 15) is 45.6 Å². The Morgan fingerprint density at radius 2 is 1.55 bits per heavy atom. The van der Waals surface area contributed by atoms with Gasteiger partial charge in [-0.15, -0.1) is 0 Å². The van der Waals surface area contributed by atoms with E-state index in [0.29, 0.717) is 13.5 Å². The summed E-state index contributed by atoms with van der Waals surface area (Å²) in [5.74, 6) is -3.15. The van der Waals surface area contributed by atoms with E-state index < -0.39 is 54.2 Å². The molecule has 44 heavy (non-hydrogen) atoms. The van der Waals surface area contributed by atoms with Gasteiger partial charge in [-0.3, -0.25) is 24.0 Å². The Morgan fingerprint density at radius 1 is 0.977 bits per heavy atom. The van der Waals surface area contributed by atoms with Crippen LogP contribution in [0.4, 0.5) is 18.9 Å². The van der Waals surface area contributed by atoms with Gasteiger partial charge in [0.15, 0.2) is 0 Å². The van der Waals surface area contributed by atoms with E-state index in [-0.39, 0.29) is 68.3 Å². The molecule has 17 heteroatoms. The molecule has 2 amide bonds. The largest absolute Gasteiger partial charge is 0.516 e. The Bertz CT molecular complexity index is 1350. The minimum atomic E-state index is -5.86. The molecule has 1 aromatic rings. The second-order valence-corrected chi connectivity index (χ2v) is 13.7. The molecule has 246 valence electrons. The van der Waals surface area contributed by atoms with Crippen LogP contribution in [0.1, 0.15) is 63.2 Å². The molecule has 2 unspecified atom stereocenters. The zero-order valence-corrected chi connectivity index (χ0v) is 26.1. The molecule has 1 N–H and O–H groups in total. The smallest absolute Gasteiger partial charge is 0.465 e. The van der Waals surface area contributed by atoms with Crippen LogP contribution in [0.25, 0.3) is 0 Å². The number of esters is 2. The molecule has 0 saturated heterocycles. The summed E-state index contributed by atoms with van der Waals surface area (Å²) in [4.78, 5) is 59.0. The molecule has 2 atom stereocenters. The van der Waals surface area contributed by atoms with E-state index >= 15 is 0 Å². The van der Waals surface area contributed by atoms with Crippen LogP contribution < -0.4 is 5.32 Å². The molecule has 0 heterocycles. The van der Waals surface area contributed by atoms with Crippen molar-refractivity contribution >= 4 is 56.3 Å². The number of nitrogens with zero attached hydrogens (tertiary/aromatic N) is 1. The molecular formula is C27H34ClF3N2O10S. The number of hydrogen-bond acceptors (Lipinski definition) is 10. The number of hydrogen-bond donors (Lipinski definition) is 1. The number of amides is 2. The van der Waals surface area contributed by atoms with Crippen molar-refractivity contribution in [3.05, 3.63) is 29.8 Å².